The van der Waals surface area contributed by atoms with Crippen LogP contribution in [0, 0.1) is 0 Å². The Balaban J connectivity index is 1.67. The summed E-state index contributed by atoms with van der Waals surface area (Å²) in [4.78, 5) is 11.7. The summed E-state index contributed by atoms with van der Waals surface area (Å²) < 4.78 is 12.8. The van der Waals surface area contributed by atoms with Gasteiger partial charge in [0.25, 0.3) is 0 Å². The van der Waals surface area contributed by atoms with E-state index >= 15 is 0 Å². The van der Waals surface area contributed by atoms with E-state index < -0.39 is 5.97 Å². The Morgan fingerprint density at radius 1 is 1.33 bits per heavy atom. The van der Waals surface area contributed by atoms with Crippen molar-refractivity contribution in [3.63, 3.8) is 0 Å². The molecule has 0 saturated carbocycles. The summed E-state index contributed by atoms with van der Waals surface area (Å²) in [6.45, 7) is 0.535. The number of fused-ring (bicyclic) bond motifs is 1. The van der Waals surface area contributed by atoms with Gasteiger partial charge in [0.1, 0.15) is 22.8 Å². The van der Waals surface area contributed by atoms with Crippen molar-refractivity contribution in [1.29, 1.82) is 0 Å². The van der Waals surface area contributed by atoms with E-state index in [0.717, 1.165) is 33.7 Å². The quantitative estimate of drug-likeness (QED) is 0.748. The fraction of sp³-hybridized carbons (Fsp3) is 0.250. The Bertz CT molecular complexity index is 1010. The number of carboxylic acids is 1. The predicted octanol–water partition coefficient (Wildman–Crippen LogP) is 2.71. The van der Waals surface area contributed by atoms with Crippen LogP contribution < -0.4 is 9.47 Å². The molecular weight excluding hydrogens is 346 g/mol. The first-order valence-electron chi connectivity index (χ1n) is 8.61. The van der Waals surface area contributed by atoms with E-state index in [2.05, 4.69) is 10.3 Å². The number of methoxy groups -OCH3 is 1. The third-order valence-corrected chi connectivity index (χ3v) is 4.68. The first-order chi connectivity index (χ1) is 13.1. The van der Waals surface area contributed by atoms with Crippen molar-refractivity contribution in [3.05, 3.63) is 58.8 Å². The van der Waals surface area contributed by atoms with Gasteiger partial charge in [0, 0.05) is 31.0 Å². The molecule has 0 bridgehead atoms. The number of carboxylic acid groups (broad SMARTS) is 1. The third-order valence-electron chi connectivity index (χ3n) is 4.68. The monoisotopic (exact) mass is 365 g/mol. The van der Waals surface area contributed by atoms with Crippen LogP contribution in [0.2, 0.25) is 0 Å². The minimum Gasteiger partial charge on any atom is -0.495 e. The van der Waals surface area contributed by atoms with Crippen molar-refractivity contribution in [2.45, 2.75) is 12.8 Å². The summed E-state index contributed by atoms with van der Waals surface area (Å²) in [5, 5.41) is 17.6. The van der Waals surface area contributed by atoms with Crippen molar-refractivity contribution in [3.8, 4) is 22.8 Å². The van der Waals surface area contributed by atoms with Crippen molar-refractivity contribution in [2.24, 2.45) is 7.05 Å². The molecular formula is C20H19N3O4. The van der Waals surface area contributed by atoms with E-state index in [1.165, 1.54) is 7.11 Å². The zero-order valence-electron chi connectivity index (χ0n) is 15.1. The van der Waals surface area contributed by atoms with Gasteiger partial charge in [0.05, 0.1) is 19.9 Å². The average Bonchev–Trinajstić information content (AvgIpc) is 3.31. The molecule has 1 aliphatic heterocycles. The van der Waals surface area contributed by atoms with Gasteiger partial charge in [-0.2, -0.15) is 0 Å². The second-order valence-corrected chi connectivity index (χ2v) is 6.48. The fourth-order valence-corrected chi connectivity index (χ4v) is 3.44. The molecule has 0 aliphatic carbocycles. The van der Waals surface area contributed by atoms with Crippen LogP contribution in [-0.2, 0) is 19.9 Å². The van der Waals surface area contributed by atoms with Gasteiger partial charge >= 0.3 is 5.97 Å². The number of aryl methyl sites for hydroxylation is 1. The molecule has 4 rings (SSSR count). The maximum absolute atomic E-state index is 11.7. The molecule has 0 fully saturated rings. The van der Waals surface area contributed by atoms with Crippen LogP contribution in [-0.4, -0.2) is 39.8 Å². The molecule has 0 unspecified atom stereocenters. The van der Waals surface area contributed by atoms with E-state index in [1.807, 2.05) is 37.5 Å². The highest BCUT2D eigenvalue weighted by Crippen LogP contribution is 2.40. The fourth-order valence-electron chi connectivity index (χ4n) is 3.44. The van der Waals surface area contributed by atoms with Crippen LogP contribution >= 0.6 is 0 Å². The summed E-state index contributed by atoms with van der Waals surface area (Å²) in [6, 6.07) is 9.65. The topological polar surface area (TPSA) is 86.5 Å². The Labute approximate surface area is 156 Å². The molecule has 2 aromatic carbocycles. The lowest BCUT2D eigenvalue weighted by Gasteiger charge is -2.14. The largest absolute Gasteiger partial charge is 0.495 e. The minimum atomic E-state index is -0.999. The predicted molar refractivity (Wildman–Crippen MR) is 98.4 cm³/mol. The standard InChI is InChI=1S/C20H19N3O4/c1-23-11-17(21-22-23)13-5-3-12(4-6-13)9-14-10-16(20(24)25)19(26-2)15-7-8-27-18(14)15/h3-6,10-11H,7-9H2,1-2H3,(H,24,25). The number of aromatic nitrogens is 3. The SMILES string of the molecule is COc1c(C(=O)O)cc(Cc2ccc(-c3cn(C)nn3)cc2)c2c1CCO2. The maximum Gasteiger partial charge on any atom is 0.339 e. The van der Waals surface area contributed by atoms with E-state index in [1.54, 1.807) is 10.7 Å². The van der Waals surface area contributed by atoms with E-state index in [4.69, 9.17) is 9.47 Å². The number of hydrogen-bond donors (Lipinski definition) is 1. The lowest BCUT2D eigenvalue weighted by Crippen LogP contribution is -2.05. The van der Waals surface area contributed by atoms with Gasteiger partial charge in [-0.15, -0.1) is 5.10 Å². The van der Waals surface area contributed by atoms with Crippen molar-refractivity contribution in [1.82, 2.24) is 15.0 Å². The van der Waals surface area contributed by atoms with Gasteiger partial charge < -0.3 is 14.6 Å². The molecule has 0 radical (unpaired) electrons. The van der Waals surface area contributed by atoms with E-state index in [-0.39, 0.29) is 5.56 Å². The van der Waals surface area contributed by atoms with Crippen molar-refractivity contribution >= 4 is 5.97 Å². The summed E-state index contributed by atoms with van der Waals surface area (Å²) in [7, 11) is 3.32. The van der Waals surface area contributed by atoms with Gasteiger partial charge in [0.2, 0.25) is 0 Å². The molecule has 2 heterocycles. The maximum atomic E-state index is 11.7. The summed E-state index contributed by atoms with van der Waals surface area (Å²) >= 11 is 0. The molecule has 0 atom stereocenters. The van der Waals surface area contributed by atoms with Crippen LogP contribution in [0.25, 0.3) is 11.3 Å². The van der Waals surface area contributed by atoms with E-state index in [0.29, 0.717) is 25.2 Å². The first kappa shape index (κ1) is 17.1. The first-order valence-corrected chi connectivity index (χ1v) is 8.61. The molecule has 7 heteroatoms. The molecule has 0 saturated heterocycles. The molecule has 1 aliphatic rings. The van der Waals surface area contributed by atoms with Gasteiger partial charge in [0.15, 0.2) is 0 Å². The van der Waals surface area contributed by atoms with Crippen LogP contribution in [0.3, 0.4) is 0 Å². The summed E-state index contributed by atoms with van der Waals surface area (Å²) in [5.41, 5.74) is 4.71. The zero-order valence-corrected chi connectivity index (χ0v) is 15.1. The average molecular weight is 365 g/mol. The number of carbonyl (C=O) groups is 1. The van der Waals surface area contributed by atoms with Crippen LogP contribution in [0.15, 0.2) is 36.5 Å². The Morgan fingerprint density at radius 3 is 2.74 bits per heavy atom. The third kappa shape index (κ3) is 3.12. The molecule has 27 heavy (non-hydrogen) atoms. The highest BCUT2D eigenvalue weighted by molar-refractivity contribution is 5.92. The summed E-state index contributed by atoms with van der Waals surface area (Å²) in [5.74, 6) is 0.146. The number of benzene rings is 2. The Morgan fingerprint density at radius 2 is 2.11 bits per heavy atom. The van der Waals surface area contributed by atoms with E-state index in [9.17, 15) is 9.90 Å². The van der Waals surface area contributed by atoms with Crippen LogP contribution in [0.5, 0.6) is 11.5 Å². The number of hydrogen-bond acceptors (Lipinski definition) is 5. The molecule has 0 spiro atoms. The number of ether oxygens (including phenoxy) is 2. The van der Waals surface area contributed by atoms with Gasteiger partial charge in [-0.1, -0.05) is 29.5 Å². The molecule has 7 nitrogen and oxygen atoms in total. The Kier molecular flexibility index (Phi) is 4.27. The second-order valence-electron chi connectivity index (χ2n) is 6.48. The van der Waals surface area contributed by atoms with Crippen molar-refractivity contribution in [2.75, 3.05) is 13.7 Å². The smallest absolute Gasteiger partial charge is 0.339 e. The zero-order chi connectivity index (χ0) is 19.0. The van der Waals surface area contributed by atoms with Gasteiger partial charge in [-0.25, -0.2) is 4.79 Å². The highest BCUT2D eigenvalue weighted by Gasteiger charge is 2.26. The second kappa shape index (κ2) is 6.75. The van der Waals surface area contributed by atoms with Crippen LogP contribution in [0.1, 0.15) is 27.0 Å². The lowest BCUT2D eigenvalue weighted by molar-refractivity contribution is 0.0693. The lowest BCUT2D eigenvalue weighted by atomic mass is 9.96. The molecule has 1 aromatic heterocycles. The normalized spacial score (nSPS) is 12.5. The Hall–Kier alpha value is -3.35. The molecule has 0 amide bonds. The molecule has 138 valence electrons. The number of rotatable bonds is 5. The van der Waals surface area contributed by atoms with Gasteiger partial charge in [-0.05, 0) is 17.2 Å². The highest BCUT2D eigenvalue weighted by atomic mass is 16.5. The van der Waals surface area contributed by atoms with Crippen LogP contribution in [0.4, 0.5) is 0 Å². The molecule has 1 N–H and O–H groups in total. The summed E-state index contributed by atoms with van der Waals surface area (Å²) in [6.07, 6.45) is 3.09. The van der Waals surface area contributed by atoms with Crippen molar-refractivity contribution < 1.29 is 19.4 Å². The number of aromatic carboxylic acids is 1. The van der Waals surface area contributed by atoms with Gasteiger partial charge in [-0.3, -0.25) is 4.68 Å². The number of nitrogens with zero attached hydrogens (tertiary/aromatic N) is 3. The minimum absolute atomic E-state index is 0.174. The molecule has 3 aromatic rings.